The van der Waals surface area contributed by atoms with E-state index in [1.807, 2.05) is 24.3 Å². The fourth-order valence-corrected chi connectivity index (χ4v) is 3.06. The topological polar surface area (TPSA) is 37.3 Å². The van der Waals surface area contributed by atoms with Crippen LogP contribution in [0.15, 0.2) is 36.9 Å². The van der Waals surface area contributed by atoms with Crippen LogP contribution in [0.2, 0.25) is 0 Å². The minimum Gasteiger partial charge on any atom is -0.481 e. The van der Waals surface area contributed by atoms with Crippen molar-refractivity contribution in [3.63, 3.8) is 0 Å². The molecule has 0 heterocycles. The quantitative estimate of drug-likeness (QED) is 0.633. The van der Waals surface area contributed by atoms with Gasteiger partial charge in [0.05, 0.1) is 5.41 Å². The Balaban J connectivity index is 2.36. The van der Waals surface area contributed by atoms with E-state index >= 15 is 0 Å². The number of carbonyl (C=O) groups is 1. The first kappa shape index (κ1) is 12.9. The van der Waals surface area contributed by atoms with Crippen LogP contribution in [0.5, 0.6) is 0 Å². The summed E-state index contributed by atoms with van der Waals surface area (Å²) in [4.78, 5) is 11.8. The highest BCUT2D eigenvalue weighted by Crippen LogP contribution is 2.41. The molecule has 0 saturated carbocycles. The number of hydrogen-bond acceptors (Lipinski definition) is 1. The lowest BCUT2D eigenvalue weighted by molar-refractivity contribution is -0.145. The molecule has 2 nitrogen and oxygen atoms in total. The van der Waals surface area contributed by atoms with E-state index in [0.29, 0.717) is 6.42 Å². The molecule has 2 rings (SSSR count). The van der Waals surface area contributed by atoms with E-state index < -0.39 is 11.4 Å². The number of unbranched alkanes of at least 4 members (excludes halogenated alkanes) is 1. The van der Waals surface area contributed by atoms with Gasteiger partial charge in [0.25, 0.3) is 0 Å². The lowest BCUT2D eigenvalue weighted by atomic mass is 9.67. The van der Waals surface area contributed by atoms with Crippen LogP contribution in [0.3, 0.4) is 0 Å². The Hall–Kier alpha value is -1.57. The normalized spacial score (nSPS) is 22.2. The van der Waals surface area contributed by atoms with E-state index in [-0.39, 0.29) is 0 Å². The summed E-state index contributed by atoms with van der Waals surface area (Å²) in [6.45, 7) is 3.71. The predicted octanol–water partition coefficient (Wildman–Crippen LogP) is 3.70. The summed E-state index contributed by atoms with van der Waals surface area (Å²) in [7, 11) is 0. The van der Waals surface area contributed by atoms with Crippen LogP contribution in [-0.2, 0) is 16.6 Å². The van der Waals surface area contributed by atoms with Crippen LogP contribution in [0, 0.1) is 0 Å². The molecule has 1 aromatic carbocycles. The molecular formula is C16H20O2. The summed E-state index contributed by atoms with van der Waals surface area (Å²) in [5, 5.41) is 9.71. The van der Waals surface area contributed by atoms with Gasteiger partial charge in [0.2, 0.25) is 0 Å². The second-order valence-electron chi connectivity index (χ2n) is 5.08. The number of rotatable bonds is 5. The zero-order valence-corrected chi connectivity index (χ0v) is 10.7. The van der Waals surface area contributed by atoms with Crippen molar-refractivity contribution in [1.29, 1.82) is 0 Å². The van der Waals surface area contributed by atoms with Crippen molar-refractivity contribution < 1.29 is 9.90 Å². The van der Waals surface area contributed by atoms with Crippen LogP contribution in [-0.4, -0.2) is 11.1 Å². The summed E-state index contributed by atoms with van der Waals surface area (Å²) < 4.78 is 0. The average molecular weight is 244 g/mol. The lowest BCUT2D eigenvalue weighted by Gasteiger charge is -2.35. The van der Waals surface area contributed by atoms with Crippen LogP contribution in [0.4, 0.5) is 0 Å². The average Bonchev–Trinajstić information content (AvgIpc) is 2.39. The maximum absolute atomic E-state index is 11.8. The standard InChI is InChI=1S/C16H20O2/c1-2-3-6-11-16(15(17)18)12-7-9-13-8-4-5-10-14(13)16/h2,4-5,8,10H,1,3,6-7,9,11-12H2,(H,17,18). The molecule has 1 aliphatic rings. The van der Waals surface area contributed by atoms with Gasteiger partial charge in [0.1, 0.15) is 0 Å². The third kappa shape index (κ3) is 2.20. The van der Waals surface area contributed by atoms with Crippen LogP contribution in [0.25, 0.3) is 0 Å². The van der Waals surface area contributed by atoms with E-state index in [2.05, 4.69) is 12.6 Å². The molecule has 1 atom stereocenters. The highest BCUT2D eigenvalue weighted by molar-refractivity contribution is 5.82. The Morgan fingerprint density at radius 2 is 2.22 bits per heavy atom. The van der Waals surface area contributed by atoms with E-state index in [4.69, 9.17) is 0 Å². The van der Waals surface area contributed by atoms with Gasteiger partial charge in [-0.25, -0.2) is 0 Å². The Morgan fingerprint density at radius 3 is 2.94 bits per heavy atom. The molecule has 0 fully saturated rings. The van der Waals surface area contributed by atoms with Crippen molar-refractivity contribution in [3.8, 4) is 0 Å². The second kappa shape index (κ2) is 5.38. The molecule has 0 aliphatic heterocycles. The highest BCUT2D eigenvalue weighted by Gasteiger charge is 2.42. The summed E-state index contributed by atoms with van der Waals surface area (Å²) in [6, 6.07) is 8.02. The van der Waals surface area contributed by atoms with Crippen molar-refractivity contribution in [2.75, 3.05) is 0 Å². The first-order valence-electron chi connectivity index (χ1n) is 6.63. The van der Waals surface area contributed by atoms with Gasteiger partial charge in [-0.05, 0) is 49.7 Å². The Kier molecular flexibility index (Phi) is 3.85. The van der Waals surface area contributed by atoms with Gasteiger partial charge in [-0.3, -0.25) is 4.79 Å². The molecule has 1 N–H and O–H groups in total. The number of hydrogen-bond donors (Lipinski definition) is 1. The monoisotopic (exact) mass is 244 g/mol. The van der Waals surface area contributed by atoms with E-state index in [9.17, 15) is 9.90 Å². The molecule has 0 bridgehead atoms. The first-order valence-corrected chi connectivity index (χ1v) is 6.63. The third-order valence-electron chi connectivity index (χ3n) is 4.00. The van der Waals surface area contributed by atoms with Gasteiger partial charge >= 0.3 is 5.97 Å². The van der Waals surface area contributed by atoms with Crippen LogP contribution < -0.4 is 0 Å². The third-order valence-corrected chi connectivity index (χ3v) is 4.00. The van der Waals surface area contributed by atoms with Gasteiger partial charge in [-0.1, -0.05) is 30.3 Å². The smallest absolute Gasteiger partial charge is 0.314 e. The minimum absolute atomic E-state index is 0.668. The van der Waals surface area contributed by atoms with Gasteiger partial charge in [0, 0.05) is 0 Å². The van der Waals surface area contributed by atoms with E-state index in [1.165, 1.54) is 5.56 Å². The minimum atomic E-state index is -0.669. The second-order valence-corrected chi connectivity index (χ2v) is 5.08. The summed E-state index contributed by atoms with van der Waals surface area (Å²) in [6.07, 6.45) is 7.09. The molecule has 0 amide bonds. The predicted molar refractivity (Wildman–Crippen MR) is 72.7 cm³/mol. The molecule has 0 radical (unpaired) electrons. The van der Waals surface area contributed by atoms with Crippen molar-refractivity contribution in [1.82, 2.24) is 0 Å². The molecule has 1 aliphatic carbocycles. The Morgan fingerprint density at radius 1 is 1.44 bits per heavy atom. The zero-order chi connectivity index (χ0) is 13.0. The number of aryl methyl sites for hydroxylation is 1. The van der Waals surface area contributed by atoms with E-state index in [1.54, 1.807) is 0 Å². The molecule has 0 spiro atoms. The molecular weight excluding hydrogens is 224 g/mol. The number of fused-ring (bicyclic) bond motifs is 1. The highest BCUT2D eigenvalue weighted by atomic mass is 16.4. The number of allylic oxidation sites excluding steroid dienone is 1. The van der Waals surface area contributed by atoms with Crippen molar-refractivity contribution in [2.24, 2.45) is 0 Å². The number of benzene rings is 1. The molecule has 18 heavy (non-hydrogen) atoms. The fourth-order valence-electron chi connectivity index (χ4n) is 3.06. The van der Waals surface area contributed by atoms with E-state index in [0.717, 1.165) is 37.7 Å². The molecule has 96 valence electrons. The van der Waals surface area contributed by atoms with Crippen molar-refractivity contribution in [2.45, 2.75) is 43.9 Å². The lowest BCUT2D eigenvalue weighted by Crippen LogP contribution is -2.39. The van der Waals surface area contributed by atoms with Crippen LogP contribution >= 0.6 is 0 Å². The number of aliphatic carboxylic acids is 1. The SMILES string of the molecule is C=CCCCC1(C(=O)O)CCCc2ccccc21. The first-order chi connectivity index (χ1) is 8.70. The molecule has 1 unspecified atom stereocenters. The van der Waals surface area contributed by atoms with Gasteiger partial charge in [0.15, 0.2) is 0 Å². The maximum atomic E-state index is 11.8. The van der Waals surface area contributed by atoms with Gasteiger partial charge in [-0.15, -0.1) is 6.58 Å². The molecule has 0 aromatic heterocycles. The summed E-state index contributed by atoms with van der Waals surface area (Å²) >= 11 is 0. The number of carboxylic acid groups (broad SMARTS) is 1. The summed E-state index contributed by atoms with van der Waals surface area (Å²) in [5.74, 6) is -0.668. The Labute approximate surface area is 108 Å². The van der Waals surface area contributed by atoms with Crippen molar-refractivity contribution in [3.05, 3.63) is 48.0 Å². The Bertz CT molecular complexity index is 450. The fraction of sp³-hybridized carbons (Fsp3) is 0.438. The van der Waals surface area contributed by atoms with Crippen molar-refractivity contribution >= 4 is 5.97 Å². The molecule has 2 heteroatoms. The van der Waals surface area contributed by atoms with Crippen LogP contribution in [0.1, 0.15) is 43.2 Å². The van der Waals surface area contributed by atoms with Gasteiger partial charge in [-0.2, -0.15) is 0 Å². The summed E-state index contributed by atoms with van der Waals surface area (Å²) in [5.41, 5.74) is 1.58. The number of carboxylic acids is 1. The zero-order valence-electron chi connectivity index (χ0n) is 10.7. The maximum Gasteiger partial charge on any atom is 0.314 e. The van der Waals surface area contributed by atoms with Gasteiger partial charge < -0.3 is 5.11 Å². The molecule has 0 saturated heterocycles. The largest absolute Gasteiger partial charge is 0.481 e. The molecule has 1 aromatic rings.